The Morgan fingerprint density at radius 1 is 1.29 bits per heavy atom. The minimum atomic E-state index is 0.299. The Hall–Kier alpha value is -0.120. The minimum Gasteiger partial charge on any atom is -0.380 e. The maximum absolute atomic E-state index is 6.34. The van der Waals surface area contributed by atoms with E-state index in [1.807, 2.05) is 0 Å². The Balaban J connectivity index is 1.66. The van der Waals surface area contributed by atoms with Crippen LogP contribution in [-0.2, 0) is 4.74 Å². The van der Waals surface area contributed by atoms with Gasteiger partial charge in [-0.1, -0.05) is 13.8 Å². The molecule has 2 aliphatic rings. The van der Waals surface area contributed by atoms with Crippen LogP contribution in [0.1, 0.15) is 39.5 Å². The second kappa shape index (κ2) is 5.25. The van der Waals surface area contributed by atoms with E-state index in [1.54, 1.807) is 0 Å². The lowest BCUT2D eigenvalue weighted by Crippen LogP contribution is -2.48. The first-order valence-corrected chi connectivity index (χ1v) is 7.04. The van der Waals surface area contributed by atoms with Crippen LogP contribution in [0.2, 0.25) is 0 Å². The molecule has 2 fully saturated rings. The Morgan fingerprint density at radius 3 is 2.53 bits per heavy atom. The molecular weight excluding hydrogens is 212 g/mol. The number of nitrogens with zero attached hydrogens (tertiary/aromatic N) is 1. The lowest BCUT2D eigenvalue weighted by atomic mass is 9.87. The van der Waals surface area contributed by atoms with Crippen LogP contribution in [0.4, 0.5) is 0 Å². The van der Waals surface area contributed by atoms with Crippen LogP contribution in [0, 0.1) is 11.3 Å². The average Bonchev–Trinajstić information content (AvgIpc) is 3.03. The Kier molecular flexibility index (Phi) is 4.11. The average molecular weight is 240 g/mol. The van der Waals surface area contributed by atoms with E-state index in [0.29, 0.717) is 17.5 Å². The van der Waals surface area contributed by atoms with E-state index in [9.17, 15) is 0 Å². The maximum atomic E-state index is 6.34. The van der Waals surface area contributed by atoms with E-state index in [-0.39, 0.29) is 0 Å². The summed E-state index contributed by atoms with van der Waals surface area (Å²) in [5.74, 6) is 0.868. The molecule has 2 N–H and O–H groups in total. The molecule has 0 aromatic heterocycles. The molecule has 0 aliphatic heterocycles. The third-order valence-corrected chi connectivity index (χ3v) is 4.61. The molecule has 0 radical (unpaired) electrons. The second-order valence-electron chi connectivity index (χ2n) is 6.62. The quantitative estimate of drug-likeness (QED) is 0.720. The lowest BCUT2D eigenvalue weighted by molar-refractivity contribution is 0.0865. The van der Waals surface area contributed by atoms with Gasteiger partial charge in [-0.05, 0) is 44.1 Å². The summed E-state index contributed by atoms with van der Waals surface area (Å²) in [6.45, 7) is 7.41. The summed E-state index contributed by atoms with van der Waals surface area (Å²) < 4.78 is 5.69. The normalized spacial score (nSPS) is 32.3. The van der Waals surface area contributed by atoms with E-state index in [1.165, 1.54) is 25.7 Å². The third kappa shape index (κ3) is 3.43. The van der Waals surface area contributed by atoms with Gasteiger partial charge in [-0.25, -0.2) is 0 Å². The summed E-state index contributed by atoms with van der Waals surface area (Å²) in [5, 5.41) is 0. The lowest BCUT2D eigenvalue weighted by Gasteiger charge is -2.32. The minimum absolute atomic E-state index is 0.299. The molecule has 0 heterocycles. The molecule has 2 atom stereocenters. The number of hydrogen-bond donors (Lipinski definition) is 1. The molecule has 0 amide bonds. The number of hydrogen-bond acceptors (Lipinski definition) is 3. The van der Waals surface area contributed by atoms with Gasteiger partial charge in [0.2, 0.25) is 0 Å². The monoisotopic (exact) mass is 240 g/mol. The summed E-state index contributed by atoms with van der Waals surface area (Å²) in [6.07, 6.45) is 5.22. The summed E-state index contributed by atoms with van der Waals surface area (Å²) in [6, 6.07) is 0.838. The standard InChI is InChI=1S/C14H28N2O/c1-14(2)7-6-12(13(14)15)16(3)8-9-17-10-11-4-5-11/h11-13H,4-10,15H2,1-3H3. The number of rotatable bonds is 6. The van der Waals surface area contributed by atoms with Crippen molar-refractivity contribution in [1.82, 2.24) is 4.90 Å². The van der Waals surface area contributed by atoms with Gasteiger partial charge in [0.1, 0.15) is 0 Å². The van der Waals surface area contributed by atoms with Crippen LogP contribution in [-0.4, -0.2) is 43.8 Å². The summed E-state index contributed by atoms with van der Waals surface area (Å²) >= 11 is 0. The Morgan fingerprint density at radius 2 is 2.00 bits per heavy atom. The van der Waals surface area contributed by atoms with Crippen molar-refractivity contribution < 1.29 is 4.74 Å². The van der Waals surface area contributed by atoms with Crippen LogP contribution in [0.25, 0.3) is 0 Å². The molecule has 3 nitrogen and oxygen atoms in total. The van der Waals surface area contributed by atoms with Gasteiger partial charge >= 0.3 is 0 Å². The van der Waals surface area contributed by atoms with Crippen molar-refractivity contribution in [3.63, 3.8) is 0 Å². The van der Waals surface area contributed by atoms with Crippen LogP contribution >= 0.6 is 0 Å². The highest BCUT2D eigenvalue weighted by Crippen LogP contribution is 2.38. The predicted octanol–water partition coefficient (Wildman–Crippen LogP) is 1.86. The van der Waals surface area contributed by atoms with Gasteiger partial charge < -0.3 is 10.5 Å². The first kappa shape index (κ1) is 13.3. The highest BCUT2D eigenvalue weighted by molar-refractivity contribution is 4.98. The molecule has 100 valence electrons. The molecule has 17 heavy (non-hydrogen) atoms. The fourth-order valence-corrected chi connectivity index (χ4v) is 2.79. The van der Waals surface area contributed by atoms with Gasteiger partial charge in [0.15, 0.2) is 0 Å². The van der Waals surface area contributed by atoms with Crippen molar-refractivity contribution in [3.8, 4) is 0 Å². The zero-order valence-corrected chi connectivity index (χ0v) is 11.6. The number of nitrogens with two attached hydrogens (primary N) is 1. The zero-order valence-electron chi connectivity index (χ0n) is 11.6. The summed E-state index contributed by atoms with van der Waals surface area (Å²) in [4.78, 5) is 2.40. The van der Waals surface area contributed by atoms with E-state index < -0.39 is 0 Å². The van der Waals surface area contributed by atoms with Crippen molar-refractivity contribution >= 4 is 0 Å². The summed E-state index contributed by atoms with van der Waals surface area (Å²) in [7, 11) is 2.19. The molecular formula is C14H28N2O. The first-order chi connectivity index (χ1) is 8.00. The largest absolute Gasteiger partial charge is 0.380 e. The smallest absolute Gasteiger partial charge is 0.0593 e. The van der Waals surface area contributed by atoms with Gasteiger partial charge in [0, 0.05) is 25.2 Å². The molecule has 0 bridgehead atoms. The molecule has 0 aromatic carbocycles. The highest BCUT2D eigenvalue weighted by Gasteiger charge is 2.40. The third-order valence-electron chi connectivity index (χ3n) is 4.61. The van der Waals surface area contributed by atoms with Crippen LogP contribution in [0.5, 0.6) is 0 Å². The SMILES string of the molecule is CN(CCOCC1CC1)C1CCC(C)(C)C1N. The molecule has 3 heteroatoms. The van der Waals surface area contributed by atoms with Crippen molar-refractivity contribution in [2.24, 2.45) is 17.1 Å². The Labute approximate surface area is 106 Å². The van der Waals surface area contributed by atoms with E-state index in [0.717, 1.165) is 25.7 Å². The van der Waals surface area contributed by atoms with Crippen molar-refractivity contribution in [2.75, 3.05) is 26.8 Å². The van der Waals surface area contributed by atoms with Crippen LogP contribution in [0.3, 0.4) is 0 Å². The van der Waals surface area contributed by atoms with Crippen molar-refractivity contribution in [3.05, 3.63) is 0 Å². The molecule has 0 spiro atoms. The molecule has 2 aliphatic carbocycles. The molecule has 2 saturated carbocycles. The fraction of sp³-hybridized carbons (Fsp3) is 1.00. The number of ether oxygens (including phenoxy) is 1. The topological polar surface area (TPSA) is 38.5 Å². The molecule has 2 rings (SSSR count). The predicted molar refractivity (Wildman–Crippen MR) is 71.0 cm³/mol. The van der Waals surface area contributed by atoms with Gasteiger partial charge in [-0.15, -0.1) is 0 Å². The van der Waals surface area contributed by atoms with Gasteiger partial charge in [0.25, 0.3) is 0 Å². The van der Waals surface area contributed by atoms with Gasteiger partial charge in [0.05, 0.1) is 6.61 Å². The van der Waals surface area contributed by atoms with E-state index in [4.69, 9.17) is 10.5 Å². The molecule has 2 unspecified atom stereocenters. The fourth-order valence-electron chi connectivity index (χ4n) is 2.79. The van der Waals surface area contributed by atoms with Gasteiger partial charge in [-0.3, -0.25) is 4.90 Å². The zero-order chi connectivity index (χ0) is 12.5. The molecule has 0 saturated heterocycles. The van der Waals surface area contributed by atoms with E-state index >= 15 is 0 Å². The molecule has 0 aromatic rings. The second-order valence-corrected chi connectivity index (χ2v) is 6.62. The van der Waals surface area contributed by atoms with Gasteiger partial charge in [-0.2, -0.15) is 0 Å². The Bertz CT molecular complexity index is 251. The van der Waals surface area contributed by atoms with Crippen molar-refractivity contribution in [2.45, 2.75) is 51.6 Å². The first-order valence-electron chi connectivity index (χ1n) is 7.04. The maximum Gasteiger partial charge on any atom is 0.0593 e. The van der Waals surface area contributed by atoms with Crippen LogP contribution < -0.4 is 5.73 Å². The van der Waals surface area contributed by atoms with E-state index in [2.05, 4.69) is 25.8 Å². The van der Waals surface area contributed by atoms with Crippen LogP contribution in [0.15, 0.2) is 0 Å². The summed E-state index contributed by atoms with van der Waals surface area (Å²) in [5.41, 5.74) is 6.64. The number of likely N-dealkylation sites (N-methyl/N-ethyl adjacent to an activating group) is 1. The highest BCUT2D eigenvalue weighted by atomic mass is 16.5. The van der Waals surface area contributed by atoms with Crippen molar-refractivity contribution in [1.29, 1.82) is 0 Å².